The van der Waals surface area contributed by atoms with E-state index in [1.807, 2.05) is 6.07 Å². The molecule has 0 aliphatic heterocycles. The van der Waals surface area contributed by atoms with Crippen LogP contribution in [0.2, 0.25) is 0 Å². The molecule has 0 bridgehead atoms. The second-order valence-electron chi connectivity index (χ2n) is 2.12. The molecule has 0 aliphatic carbocycles. The molecule has 0 aromatic rings. The van der Waals surface area contributed by atoms with Crippen LogP contribution in [0.4, 0.5) is 0 Å². The standard InChI is InChI=1S/C8H11NO2/c1-7(10)6-8(2)11-5-3-4-9/h6H,3,5H2,1-2H3/b8-6-. The molecule has 0 unspecified atom stereocenters. The Balaban J connectivity index is 3.61. The van der Waals surface area contributed by atoms with E-state index >= 15 is 0 Å². The minimum atomic E-state index is -0.0422. The number of carbonyl (C=O) groups excluding carboxylic acids is 1. The summed E-state index contributed by atoms with van der Waals surface area (Å²) in [5, 5.41) is 8.14. The first-order chi connectivity index (χ1) is 5.16. The molecule has 0 radical (unpaired) electrons. The SMILES string of the molecule is CC(=O)/C=C(/C)OCCC#N. The first-order valence-electron chi connectivity index (χ1n) is 3.35. The van der Waals surface area contributed by atoms with Gasteiger partial charge in [0.15, 0.2) is 5.78 Å². The Hall–Kier alpha value is -1.30. The third kappa shape index (κ3) is 6.59. The summed E-state index contributed by atoms with van der Waals surface area (Å²) in [6.45, 7) is 3.50. The number of carbonyl (C=O) groups is 1. The molecule has 0 amide bonds. The van der Waals surface area contributed by atoms with Gasteiger partial charge in [0.05, 0.1) is 18.2 Å². The monoisotopic (exact) mass is 153 g/mol. The summed E-state index contributed by atoms with van der Waals surface area (Å²) in [4.78, 5) is 10.5. The molecule has 0 N–H and O–H groups in total. The summed E-state index contributed by atoms with van der Waals surface area (Å²) in [6, 6.07) is 1.94. The van der Waals surface area contributed by atoms with Crippen molar-refractivity contribution in [3.63, 3.8) is 0 Å². The highest BCUT2D eigenvalue weighted by Crippen LogP contribution is 1.95. The molecule has 0 saturated carbocycles. The van der Waals surface area contributed by atoms with Crippen LogP contribution < -0.4 is 0 Å². The number of nitrogens with zero attached hydrogens (tertiary/aromatic N) is 1. The highest BCUT2D eigenvalue weighted by Gasteiger charge is 1.91. The van der Waals surface area contributed by atoms with Crippen LogP contribution in [0.5, 0.6) is 0 Å². The van der Waals surface area contributed by atoms with E-state index in [1.54, 1.807) is 6.92 Å². The van der Waals surface area contributed by atoms with Crippen LogP contribution >= 0.6 is 0 Å². The van der Waals surface area contributed by atoms with Crippen LogP contribution in [-0.4, -0.2) is 12.4 Å². The number of rotatable bonds is 4. The van der Waals surface area contributed by atoms with Gasteiger partial charge in [-0.3, -0.25) is 4.79 Å². The molecule has 0 heterocycles. The van der Waals surface area contributed by atoms with Crippen molar-refractivity contribution < 1.29 is 9.53 Å². The van der Waals surface area contributed by atoms with Crippen LogP contribution in [0, 0.1) is 11.3 Å². The quantitative estimate of drug-likeness (QED) is 0.348. The van der Waals surface area contributed by atoms with E-state index in [0.29, 0.717) is 18.8 Å². The van der Waals surface area contributed by atoms with Crippen LogP contribution in [0.3, 0.4) is 0 Å². The van der Waals surface area contributed by atoms with E-state index in [2.05, 4.69) is 0 Å². The molecule has 0 aliphatic rings. The maximum atomic E-state index is 10.5. The van der Waals surface area contributed by atoms with Crippen molar-refractivity contribution in [3.05, 3.63) is 11.8 Å². The summed E-state index contributed by atoms with van der Waals surface area (Å²) in [6.07, 6.45) is 1.75. The summed E-state index contributed by atoms with van der Waals surface area (Å²) >= 11 is 0. The Bertz CT molecular complexity index is 201. The van der Waals surface area contributed by atoms with Gasteiger partial charge in [0.1, 0.15) is 6.61 Å². The van der Waals surface area contributed by atoms with E-state index < -0.39 is 0 Å². The van der Waals surface area contributed by atoms with E-state index in [-0.39, 0.29) is 5.78 Å². The Morgan fingerprint density at radius 3 is 2.73 bits per heavy atom. The average molecular weight is 153 g/mol. The lowest BCUT2D eigenvalue weighted by Gasteiger charge is -2.00. The van der Waals surface area contributed by atoms with Crippen LogP contribution in [0.1, 0.15) is 20.3 Å². The number of ether oxygens (including phenoxy) is 1. The van der Waals surface area contributed by atoms with Gasteiger partial charge in [-0.25, -0.2) is 0 Å². The third-order valence-electron chi connectivity index (χ3n) is 0.950. The maximum Gasteiger partial charge on any atom is 0.155 e. The first-order valence-corrected chi connectivity index (χ1v) is 3.35. The van der Waals surface area contributed by atoms with Crippen molar-refractivity contribution in [2.45, 2.75) is 20.3 Å². The van der Waals surface area contributed by atoms with E-state index in [4.69, 9.17) is 10.00 Å². The minimum absolute atomic E-state index is 0.0422. The smallest absolute Gasteiger partial charge is 0.155 e. The molecular weight excluding hydrogens is 142 g/mol. The molecule has 60 valence electrons. The van der Waals surface area contributed by atoms with Crippen molar-refractivity contribution in [1.29, 1.82) is 5.26 Å². The molecule has 0 spiro atoms. The molecule has 11 heavy (non-hydrogen) atoms. The summed E-state index contributed by atoms with van der Waals surface area (Å²) in [5.41, 5.74) is 0. The molecule has 0 rings (SSSR count). The van der Waals surface area contributed by atoms with E-state index in [1.165, 1.54) is 13.0 Å². The second-order valence-corrected chi connectivity index (χ2v) is 2.12. The highest BCUT2D eigenvalue weighted by atomic mass is 16.5. The van der Waals surface area contributed by atoms with Crippen LogP contribution in [0.15, 0.2) is 11.8 Å². The fraction of sp³-hybridized carbons (Fsp3) is 0.500. The van der Waals surface area contributed by atoms with Gasteiger partial charge in [0.2, 0.25) is 0 Å². The van der Waals surface area contributed by atoms with Crippen LogP contribution in [0.25, 0.3) is 0 Å². The zero-order chi connectivity index (χ0) is 8.69. The molecule has 0 atom stereocenters. The molecule has 3 nitrogen and oxygen atoms in total. The number of allylic oxidation sites excluding steroid dienone is 2. The normalized spacial score (nSPS) is 10.5. The molecular formula is C8H11NO2. The summed E-state index contributed by atoms with van der Waals surface area (Å²) < 4.78 is 5.01. The van der Waals surface area contributed by atoms with Gasteiger partial charge in [-0.15, -0.1) is 0 Å². The summed E-state index contributed by atoms with van der Waals surface area (Å²) in [7, 11) is 0. The Morgan fingerprint density at radius 1 is 1.64 bits per heavy atom. The maximum absolute atomic E-state index is 10.5. The third-order valence-corrected chi connectivity index (χ3v) is 0.950. The first kappa shape index (κ1) is 9.70. The second kappa shape index (κ2) is 5.48. The van der Waals surface area contributed by atoms with Gasteiger partial charge in [0.25, 0.3) is 0 Å². The molecule has 0 aromatic heterocycles. The van der Waals surface area contributed by atoms with Crippen molar-refractivity contribution in [2.24, 2.45) is 0 Å². The predicted molar refractivity (Wildman–Crippen MR) is 40.6 cm³/mol. The minimum Gasteiger partial charge on any atom is -0.497 e. The van der Waals surface area contributed by atoms with Gasteiger partial charge in [-0.1, -0.05) is 0 Å². The number of nitriles is 1. The largest absolute Gasteiger partial charge is 0.497 e. The number of ketones is 1. The van der Waals surface area contributed by atoms with Crippen LogP contribution in [-0.2, 0) is 9.53 Å². The zero-order valence-electron chi connectivity index (χ0n) is 6.76. The highest BCUT2D eigenvalue weighted by molar-refractivity contribution is 5.87. The van der Waals surface area contributed by atoms with Crippen molar-refractivity contribution >= 4 is 5.78 Å². The van der Waals surface area contributed by atoms with Gasteiger partial charge >= 0.3 is 0 Å². The number of hydrogen-bond donors (Lipinski definition) is 0. The van der Waals surface area contributed by atoms with Gasteiger partial charge in [-0.05, 0) is 13.8 Å². The lowest BCUT2D eigenvalue weighted by molar-refractivity contribution is -0.112. The number of hydrogen-bond acceptors (Lipinski definition) is 3. The van der Waals surface area contributed by atoms with Crippen molar-refractivity contribution in [3.8, 4) is 6.07 Å². The average Bonchev–Trinajstić information content (AvgIpc) is 1.86. The van der Waals surface area contributed by atoms with E-state index in [9.17, 15) is 4.79 Å². The Labute approximate surface area is 66.3 Å². The molecule has 0 saturated heterocycles. The van der Waals surface area contributed by atoms with E-state index in [0.717, 1.165) is 0 Å². The Morgan fingerprint density at radius 2 is 2.27 bits per heavy atom. The van der Waals surface area contributed by atoms with Gasteiger partial charge in [-0.2, -0.15) is 5.26 Å². The lowest BCUT2D eigenvalue weighted by atomic mass is 10.4. The van der Waals surface area contributed by atoms with Gasteiger partial charge < -0.3 is 4.74 Å². The summed E-state index contributed by atoms with van der Waals surface area (Å²) in [5.74, 6) is 0.521. The predicted octanol–water partition coefficient (Wildman–Crippen LogP) is 1.41. The zero-order valence-corrected chi connectivity index (χ0v) is 6.76. The van der Waals surface area contributed by atoms with Crippen molar-refractivity contribution in [1.82, 2.24) is 0 Å². The molecule has 3 heteroatoms. The Kier molecular flexibility index (Phi) is 4.83. The topological polar surface area (TPSA) is 50.1 Å². The lowest BCUT2D eigenvalue weighted by Crippen LogP contribution is -1.93. The van der Waals surface area contributed by atoms with Crippen molar-refractivity contribution in [2.75, 3.05) is 6.61 Å². The fourth-order valence-corrected chi connectivity index (χ4v) is 0.586. The molecule has 0 fully saturated rings. The fourth-order valence-electron chi connectivity index (χ4n) is 0.586. The molecule has 0 aromatic carbocycles. The van der Waals surface area contributed by atoms with Gasteiger partial charge in [0, 0.05) is 6.08 Å².